The fraction of sp³-hybridized carbons (Fsp3) is 0.250. The van der Waals surface area contributed by atoms with Gasteiger partial charge in [0.05, 0.1) is 5.69 Å². The average molecular weight is 393 g/mol. The zero-order chi connectivity index (χ0) is 17.8. The number of carbonyl (C=O) groups is 1. The molecule has 1 aliphatic heterocycles. The van der Waals surface area contributed by atoms with Gasteiger partial charge in [-0.3, -0.25) is 4.79 Å². The van der Waals surface area contributed by atoms with E-state index in [4.69, 9.17) is 16.3 Å². The van der Waals surface area contributed by atoms with Crippen molar-refractivity contribution >= 4 is 41.7 Å². The lowest BCUT2D eigenvalue weighted by Gasteiger charge is -2.30. The van der Waals surface area contributed by atoms with Crippen LogP contribution in [0.2, 0.25) is 5.02 Å². The number of benzene rings is 2. The molecular formula is C20H22Cl2N2O2. The maximum Gasteiger partial charge on any atom is 0.294 e. The van der Waals surface area contributed by atoms with Gasteiger partial charge in [-0.25, -0.2) is 0 Å². The predicted octanol–water partition coefficient (Wildman–Crippen LogP) is 4.48. The minimum atomic E-state index is -0.118. The molecule has 0 saturated heterocycles. The summed E-state index contributed by atoms with van der Waals surface area (Å²) < 4.78 is 5.86. The molecule has 0 spiro atoms. The van der Waals surface area contributed by atoms with Crippen molar-refractivity contribution in [1.82, 2.24) is 4.90 Å². The number of ether oxygens (including phenoxy) is 1. The lowest BCUT2D eigenvalue weighted by Crippen LogP contribution is -2.38. The molecule has 0 bridgehead atoms. The third-order valence-corrected chi connectivity index (χ3v) is 4.24. The summed E-state index contributed by atoms with van der Waals surface area (Å²) in [6.45, 7) is 1.57. The maximum absolute atomic E-state index is 12.9. The summed E-state index contributed by atoms with van der Waals surface area (Å²) in [6.07, 6.45) is 2.65. The number of nitrogens with zero attached hydrogens (tertiary/aromatic N) is 2. The largest absolute Gasteiger partial charge is 0.449 e. The first kappa shape index (κ1) is 20.3. The zero-order valence-electron chi connectivity index (χ0n) is 14.8. The molecule has 6 heteroatoms. The van der Waals surface area contributed by atoms with Crippen LogP contribution in [-0.2, 0) is 4.79 Å². The SMILES string of the molecule is CN(C)CCCN1C(=O)/C(=C/c2ccc(Cl)cc2)Oc2ccccc21.Cl. The molecule has 138 valence electrons. The fourth-order valence-corrected chi connectivity index (χ4v) is 2.87. The van der Waals surface area contributed by atoms with Gasteiger partial charge in [0.1, 0.15) is 0 Å². The van der Waals surface area contributed by atoms with Crippen LogP contribution in [0, 0.1) is 0 Å². The number of carbonyl (C=O) groups excluding carboxylic acids is 1. The predicted molar refractivity (Wildman–Crippen MR) is 109 cm³/mol. The number of rotatable bonds is 5. The molecule has 0 fully saturated rings. The molecule has 0 unspecified atom stereocenters. The highest BCUT2D eigenvalue weighted by atomic mass is 35.5. The average Bonchev–Trinajstić information content (AvgIpc) is 2.59. The first-order valence-corrected chi connectivity index (χ1v) is 8.63. The Kier molecular flexibility index (Phi) is 7.09. The molecule has 26 heavy (non-hydrogen) atoms. The molecule has 1 amide bonds. The fourth-order valence-electron chi connectivity index (χ4n) is 2.74. The Bertz CT molecular complexity index is 789. The van der Waals surface area contributed by atoms with E-state index >= 15 is 0 Å². The van der Waals surface area contributed by atoms with Crippen LogP contribution in [0.5, 0.6) is 5.75 Å². The van der Waals surface area contributed by atoms with Crippen LogP contribution in [0.3, 0.4) is 0 Å². The van der Waals surface area contributed by atoms with Gasteiger partial charge in [-0.15, -0.1) is 12.4 Å². The minimum absolute atomic E-state index is 0. The number of fused-ring (bicyclic) bond motifs is 1. The van der Waals surface area contributed by atoms with Crippen molar-refractivity contribution in [3.63, 3.8) is 0 Å². The van der Waals surface area contributed by atoms with Crippen molar-refractivity contribution in [2.45, 2.75) is 6.42 Å². The Morgan fingerprint density at radius 2 is 1.81 bits per heavy atom. The van der Waals surface area contributed by atoms with Crippen molar-refractivity contribution in [1.29, 1.82) is 0 Å². The molecule has 0 aliphatic carbocycles. The van der Waals surface area contributed by atoms with Crippen molar-refractivity contribution in [3.05, 3.63) is 64.9 Å². The summed E-state index contributed by atoms with van der Waals surface area (Å²) in [5.41, 5.74) is 1.69. The first-order chi connectivity index (χ1) is 12.0. The van der Waals surface area contributed by atoms with Crippen molar-refractivity contribution < 1.29 is 9.53 Å². The summed E-state index contributed by atoms with van der Waals surface area (Å²) in [7, 11) is 4.06. The van der Waals surface area contributed by atoms with Gasteiger partial charge in [-0.2, -0.15) is 0 Å². The normalized spacial score (nSPS) is 14.8. The van der Waals surface area contributed by atoms with Crippen LogP contribution in [0.25, 0.3) is 6.08 Å². The lowest BCUT2D eigenvalue weighted by molar-refractivity contribution is -0.117. The molecule has 0 N–H and O–H groups in total. The van der Waals surface area contributed by atoms with E-state index in [0.29, 0.717) is 23.1 Å². The van der Waals surface area contributed by atoms with Gasteiger partial charge in [-0.1, -0.05) is 35.9 Å². The highest BCUT2D eigenvalue weighted by Crippen LogP contribution is 2.35. The summed E-state index contributed by atoms with van der Waals surface area (Å²) in [4.78, 5) is 16.8. The zero-order valence-corrected chi connectivity index (χ0v) is 16.4. The van der Waals surface area contributed by atoms with Crippen LogP contribution in [0.15, 0.2) is 54.3 Å². The Morgan fingerprint density at radius 3 is 2.50 bits per heavy atom. The molecule has 1 aliphatic rings. The standard InChI is InChI=1S/C20H21ClN2O2.ClH/c1-22(2)12-5-13-23-17-6-3-4-7-18(17)25-19(20(23)24)14-15-8-10-16(21)11-9-15;/h3-4,6-11,14H,5,12-13H2,1-2H3;1H/b19-14-;. The molecule has 4 nitrogen and oxygen atoms in total. The van der Waals surface area contributed by atoms with E-state index in [-0.39, 0.29) is 18.3 Å². The Balaban J connectivity index is 0.00000243. The van der Waals surface area contributed by atoms with Gasteiger partial charge in [0.25, 0.3) is 5.91 Å². The number of halogens is 2. The van der Waals surface area contributed by atoms with E-state index < -0.39 is 0 Å². The summed E-state index contributed by atoms with van der Waals surface area (Å²) in [6, 6.07) is 15.0. The van der Waals surface area contributed by atoms with Crippen molar-refractivity contribution in [3.8, 4) is 5.75 Å². The van der Waals surface area contributed by atoms with Gasteiger partial charge in [0.15, 0.2) is 11.5 Å². The molecule has 3 rings (SSSR count). The monoisotopic (exact) mass is 392 g/mol. The van der Waals surface area contributed by atoms with Crippen LogP contribution < -0.4 is 9.64 Å². The molecule has 0 aromatic heterocycles. The van der Waals surface area contributed by atoms with Crippen LogP contribution >= 0.6 is 24.0 Å². The summed E-state index contributed by atoms with van der Waals surface area (Å²) in [5.74, 6) is 0.908. The van der Waals surface area contributed by atoms with Crippen LogP contribution in [-0.4, -0.2) is 38.0 Å². The Morgan fingerprint density at radius 1 is 1.12 bits per heavy atom. The maximum atomic E-state index is 12.9. The second-order valence-electron chi connectivity index (χ2n) is 6.24. The second kappa shape index (κ2) is 9.08. The third kappa shape index (κ3) is 4.79. The van der Waals surface area contributed by atoms with E-state index in [1.165, 1.54) is 0 Å². The van der Waals surface area contributed by atoms with Crippen LogP contribution in [0.1, 0.15) is 12.0 Å². The quantitative estimate of drug-likeness (QED) is 0.703. The van der Waals surface area contributed by atoms with E-state index in [1.54, 1.807) is 23.1 Å². The van der Waals surface area contributed by atoms with Crippen molar-refractivity contribution in [2.24, 2.45) is 0 Å². The van der Waals surface area contributed by atoms with E-state index in [2.05, 4.69) is 4.90 Å². The highest BCUT2D eigenvalue weighted by molar-refractivity contribution is 6.30. The first-order valence-electron chi connectivity index (χ1n) is 8.25. The van der Waals surface area contributed by atoms with E-state index in [9.17, 15) is 4.79 Å². The molecule has 2 aromatic rings. The van der Waals surface area contributed by atoms with Gasteiger partial charge < -0.3 is 14.5 Å². The van der Waals surface area contributed by atoms with E-state index in [1.807, 2.05) is 50.5 Å². The lowest BCUT2D eigenvalue weighted by atomic mass is 10.1. The molecule has 1 heterocycles. The van der Waals surface area contributed by atoms with E-state index in [0.717, 1.165) is 24.2 Å². The Hall–Kier alpha value is -2.01. The third-order valence-electron chi connectivity index (χ3n) is 3.99. The Labute approximate surface area is 165 Å². The minimum Gasteiger partial charge on any atom is -0.449 e. The van der Waals surface area contributed by atoms with Gasteiger partial charge in [0.2, 0.25) is 0 Å². The van der Waals surface area contributed by atoms with Gasteiger partial charge >= 0.3 is 0 Å². The molecule has 0 radical (unpaired) electrons. The number of para-hydroxylation sites is 2. The second-order valence-corrected chi connectivity index (χ2v) is 6.68. The van der Waals surface area contributed by atoms with Gasteiger partial charge in [-0.05, 0) is 63.0 Å². The van der Waals surface area contributed by atoms with Crippen LogP contribution in [0.4, 0.5) is 5.69 Å². The molecular weight excluding hydrogens is 371 g/mol. The number of anilines is 1. The van der Waals surface area contributed by atoms with Gasteiger partial charge in [0, 0.05) is 11.6 Å². The number of amides is 1. The number of hydrogen-bond donors (Lipinski definition) is 0. The highest BCUT2D eigenvalue weighted by Gasteiger charge is 2.29. The topological polar surface area (TPSA) is 32.8 Å². The molecule has 0 saturated carbocycles. The number of hydrogen-bond acceptors (Lipinski definition) is 3. The smallest absolute Gasteiger partial charge is 0.294 e. The summed E-state index contributed by atoms with van der Waals surface area (Å²) in [5, 5.41) is 0.661. The molecule has 0 atom stereocenters. The molecule has 2 aromatic carbocycles. The summed E-state index contributed by atoms with van der Waals surface area (Å²) >= 11 is 5.92. The van der Waals surface area contributed by atoms with Crippen molar-refractivity contribution in [2.75, 3.05) is 32.1 Å².